The van der Waals surface area contributed by atoms with Gasteiger partial charge in [0.1, 0.15) is 12.1 Å². The molecule has 0 fully saturated rings. The molecular weight excluding hydrogens is 364 g/mol. The number of aromatic nitrogens is 2. The number of carbonyl (C=O) groups is 1. The number of hydrogen-bond donors (Lipinski definition) is 1. The molecule has 1 aromatic heterocycles. The van der Waals surface area contributed by atoms with Gasteiger partial charge in [-0.05, 0) is 49.9 Å². The number of amides is 1. The Labute approximate surface area is 159 Å². The van der Waals surface area contributed by atoms with Gasteiger partial charge < -0.3 is 5.32 Å². The number of hydrogen-bond acceptors (Lipinski definition) is 5. The average Bonchev–Trinajstić information content (AvgIpc) is 3.16. The van der Waals surface area contributed by atoms with Crippen LogP contribution in [0.1, 0.15) is 47.8 Å². The van der Waals surface area contributed by atoms with Crippen LogP contribution in [0.4, 0.5) is 5.82 Å². The molecule has 2 aromatic rings. The van der Waals surface area contributed by atoms with Gasteiger partial charge >= 0.3 is 0 Å². The van der Waals surface area contributed by atoms with Gasteiger partial charge in [-0.3, -0.25) is 4.79 Å². The van der Waals surface area contributed by atoms with Crippen molar-refractivity contribution in [2.24, 2.45) is 0 Å². The van der Waals surface area contributed by atoms with Crippen LogP contribution in [0.15, 0.2) is 35.5 Å². The third kappa shape index (κ3) is 4.17. The van der Waals surface area contributed by atoms with Crippen LogP contribution in [-0.2, 0) is 22.9 Å². The highest BCUT2D eigenvalue weighted by Crippen LogP contribution is 2.25. The minimum atomic E-state index is -3.54. The Morgan fingerprint density at radius 2 is 1.93 bits per heavy atom. The summed E-state index contributed by atoms with van der Waals surface area (Å²) in [6, 6.07) is 5.99. The molecule has 0 saturated heterocycles. The van der Waals surface area contributed by atoms with Crippen molar-refractivity contribution >= 4 is 21.7 Å². The number of benzene rings is 1. The first-order valence-corrected chi connectivity index (χ1v) is 10.6. The number of carbonyl (C=O) groups excluding carboxylic acids is 1. The van der Waals surface area contributed by atoms with Crippen molar-refractivity contribution in [2.75, 3.05) is 18.9 Å². The third-order valence-electron chi connectivity index (χ3n) is 4.76. The van der Waals surface area contributed by atoms with E-state index in [1.54, 1.807) is 7.05 Å². The van der Waals surface area contributed by atoms with Crippen molar-refractivity contribution in [2.45, 2.75) is 43.9 Å². The Bertz CT molecular complexity index is 926. The van der Waals surface area contributed by atoms with Gasteiger partial charge in [-0.25, -0.2) is 22.7 Å². The van der Waals surface area contributed by atoms with E-state index in [4.69, 9.17) is 0 Å². The monoisotopic (exact) mass is 388 g/mol. The van der Waals surface area contributed by atoms with Gasteiger partial charge in [-0.2, -0.15) is 0 Å². The normalized spacial score (nSPS) is 13.6. The average molecular weight is 388 g/mol. The summed E-state index contributed by atoms with van der Waals surface area (Å²) in [7, 11) is -1.97. The van der Waals surface area contributed by atoms with E-state index in [0.717, 1.165) is 43.4 Å². The van der Waals surface area contributed by atoms with Crippen molar-refractivity contribution in [1.29, 1.82) is 0 Å². The second-order valence-electron chi connectivity index (χ2n) is 6.66. The number of rotatable bonds is 7. The molecule has 0 radical (unpaired) electrons. The van der Waals surface area contributed by atoms with E-state index in [-0.39, 0.29) is 10.8 Å². The molecule has 0 bridgehead atoms. The van der Waals surface area contributed by atoms with Crippen LogP contribution in [0.25, 0.3) is 0 Å². The van der Waals surface area contributed by atoms with Crippen molar-refractivity contribution in [3.8, 4) is 0 Å². The fourth-order valence-corrected chi connectivity index (χ4v) is 4.32. The fourth-order valence-electron chi connectivity index (χ4n) is 3.11. The Morgan fingerprint density at radius 1 is 1.19 bits per heavy atom. The number of anilines is 1. The maximum atomic E-state index is 12.5. The van der Waals surface area contributed by atoms with Crippen LogP contribution in [-0.4, -0.2) is 42.2 Å². The number of sulfonamides is 1. The summed E-state index contributed by atoms with van der Waals surface area (Å²) < 4.78 is 26.4. The van der Waals surface area contributed by atoms with Crippen LogP contribution in [0.2, 0.25) is 0 Å². The number of unbranched alkanes of at least 4 members (excludes halogenated alkanes) is 1. The molecule has 0 unspecified atom stereocenters. The summed E-state index contributed by atoms with van der Waals surface area (Å²) in [5, 5.41) is 2.82. The molecule has 0 saturated carbocycles. The lowest BCUT2D eigenvalue weighted by Crippen LogP contribution is -2.28. The van der Waals surface area contributed by atoms with E-state index < -0.39 is 10.0 Å². The molecule has 1 aromatic carbocycles. The molecule has 1 aliphatic carbocycles. The molecule has 1 amide bonds. The predicted molar refractivity (Wildman–Crippen MR) is 103 cm³/mol. The lowest BCUT2D eigenvalue weighted by atomic mass is 10.2. The van der Waals surface area contributed by atoms with Crippen LogP contribution in [0, 0.1) is 0 Å². The van der Waals surface area contributed by atoms with Gasteiger partial charge in [0, 0.05) is 30.4 Å². The van der Waals surface area contributed by atoms with E-state index in [0.29, 0.717) is 17.9 Å². The Hall–Kier alpha value is -2.32. The zero-order chi connectivity index (χ0) is 19.4. The van der Waals surface area contributed by atoms with Gasteiger partial charge in [0.2, 0.25) is 10.0 Å². The van der Waals surface area contributed by atoms with Gasteiger partial charge in [-0.15, -0.1) is 0 Å². The molecule has 7 nitrogen and oxygen atoms in total. The molecule has 1 N–H and O–H groups in total. The van der Waals surface area contributed by atoms with Crippen molar-refractivity contribution < 1.29 is 13.2 Å². The maximum absolute atomic E-state index is 12.5. The van der Waals surface area contributed by atoms with Gasteiger partial charge in [0.15, 0.2) is 0 Å². The molecule has 0 spiro atoms. The predicted octanol–water partition coefficient (Wildman–Crippen LogP) is 2.64. The number of aryl methyl sites for hydroxylation is 1. The highest BCUT2D eigenvalue weighted by molar-refractivity contribution is 7.89. The first-order valence-electron chi connectivity index (χ1n) is 9.14. The molecule has 3 rings (SSSR count). The molecule has 0 atom stereocenters. The standard InChI is InChI=1S/C19H24N4O3S/c1-3-4-12-23(2)27(25,26)15-10-8-14(9-11-15)19(24)22-18-16-6-5-7-17(16)20-13-21-18/h8-11,13H,3-7,12H2,1-2H3,(H,20,21,22,24). The minimum Gasteiger partial charge on any atom is -0.306 e. The van der Waals surface area contributed by atoms with E-state index in [1.165, 1.54) is 34.9 Å². The number of nitrogens with zero attached hydrogens (tertiary/aromatic N) is 3. The summed E-state index contributed by atoms with van der Waals surface area (Å²) in [4.78, 5) is 21.1. The molecule has 144 valence electrons. The molecular formula is C19H24N4O3S. The largest absolute Gasteiger partial charge is 0.306 e. The second kappa shape index (κ2) is 8.14. The second-order valence-corrected chi connectivity index (χ2v) is 8.70. The van der Waals surface area contributed by atoms with E-state index >= 15 is 0 Å². The summed E-state index contributed by atoms with van der Waals surface area (Å²) in [6.45, 7) is 2.49. The van der Waals surface area contributed by atoms with Crippen LogP contribution < -0.4 is 5.32 Å². The first kappa shape index (κ1) is 19.4. The summed E-state index contributed by atoms with van der Waals surface area (Å²) >= 11 is 0. The highest BCUT2D eigenvalue weighted by Gasteiger charge is 2.22. The summed E-state index contributed by atoms with van der Waals surface area (Å²) in [6.07, 6.45) is 5.95. The molecule has 0 aliphatic heterocycles. The fraction of sp³-hybridized carbons (Fsp3) is 0.421. The third-order valence-corrected chi connectivity index (χ3v) is 6.63. The number of fused-ring (bicyclic) bond motifs is 1. The first-order chi connectivity index (χ1) is 12.9. The summed E-state index contributed by atoms with van der Waals surface area (Å²) in [5.74, 6) is 0.226. The topological polar surface area (TPSA) is 92.3 Å². The summed E-state index contributed by atoms with van der Waals surface area (Å²) in [5.41, 5.74) is 2.36. The Kier molecular flexibility index (Phi) is 5.86. The zero-order valence-electron chi connectivity index (χ0n) is 15.6. The van der Waals surface area contributed by atoms with Crippen molar-refractivity contribution in [3.63, 3.8) is 0 Å². The number of nitrogens with one attached hydrogen (secondary N) is 1. The minimum absolute atomic E-state index is 0.181. The van der Waals surface area contributed by atoms with E-state index in [1.807, 2.05) is 6.92 Å². The molecule has 1 aliphatic rings. The van der Waals surface area contributed by atoms with E-state index in [2.05, 4.69) is 15.3 Å². The molecule has 27 heavy (non-hydrogen) atoms. The molecule has 1 heterocycles. The Morgan fingerprint density at radius 3 is 2.63 bits per heavy atom. The Balaban J connectivity index is 1.74. The van der Waals surface area contributed by atoms with Gasteiger partial charge in [-0.1, -0.05) is 13.3 Å². The van der Waals surface area contributed by atoms with Crippen LogP contribution in [0.5, 0.6) is 0 Å². The maximum Gasteiger partial charge on any atom is 0.256 e. The van der Waals surface area contributed by atoms with Crippen LogP contribution >= 0.6 is 0 Å². The SMILES string of the molecule is CCCCN(C)S(=O)(=O)c1ccc(C(=O)Nc2ncnc3c2CCC3)cc1. The zero-order valence-corrected chi connectivity index (χ0v) is 16.4. The van der Waals surface area contributed by atoms with Gasteiger partial charge in [0.25, 0.3) is 5.91 Å². The smallest absolute Gasteiger partial charge is 0.256 e. The van der Waals surface area contributed by atoms with E-state index in [9.17, 15) is 13.2 Å². The lowest BCUT2D eigenvalue weighted by Gasteiger charge is -2.17. The lowest BCUT2D eigenvalue weighted by molar-refractivity contribution is 0.102. The van der Waals surface area contributed by atoms with Gasteiger partial charge in [0.05, 0.1) is 4.90 Å². The van der Waals surface area contributed by atoms with Crippen LogP contribution in [0.3, 0.4) is 0 Å². The highest BCUT2D eigenvalue weighted by atomic mass is 32.2. The quantitative estimate of drug-likeness (QED) is 0.787. The van der Waals surface area contributed by atoms with Crippen molar-refractivity contribution in [1.82, 2.24) is 14.3 Å². The molecule has 8 heteroatoms. The van der Waals surface area contributed by atoms with Crippen molar-refractivity contribution in [3.05, 3.63) is 47.4 Å².